The largest absolute Gasteiger partial charge is 0.313 e. The molecular formula is C16H29N3. The lowest BCUT2D eigenvalue weighted by Crippen LogP contribution is -2.44. The molecule has 2 saturated carbocycles. The number of hydrogen-bond acceptors (Lipinski definition) is 3. The van der Waals surface area contributed by atoms with Crippen LogP contribution in [0.25, 0.3) is 0 Å². The molecule has 2 aliphatic carbocycles. The third-order valence-corrected chi connectivity index (χ3v) is 5.52. The number of nitrogens with two attached hydrogens (primary N) is 1. The molecule has 2 fully saturated rings. The van der Waals surface area contributed by atoms with E-state index in [0.29, 0.717) is 5.92 Å². The Morgan fingerprint density at radius 2 is 1.95 bits per heavy atom. The van der Waals surface area contributed by atoms with Gasteiger partial charge < -0.3 is 10.6 Å². The average Bonchev–Trinajstić information content (AvgIpc) is 2.79. The van der Waals surface area contributed by atoms with Crippen LogP contribution in [0, 0.1) is 23.2 Å². The summed E-state index contributed by atoms with van der Waals surface area (Å²) in [5.41, 5.74) is 5.67. The van der Waals surface area contributed by atoms with Crippen LogP contribution in [0.5, 0.6) is 0 Å². The first-order valence-corrected chi connectivity index (χ1v) is 7.95. The minimum Gasteiger partial charge on any atom is -0.313 e. The van der Waals surface area contributed by atoms with E-state index < -0.39 is 5.54 Å². The molecule has 2 atom stereocenters. The molecule has 108 valence electrons. The Hall–Kier alpha value is -0.590. The number of nitrogens with zero attached hydrogens (tertiary/aromatic N) is 2. The predicted molar refractivity (Wildman–Crippen MR) is 78.5 cm³/mol. The highest BCUT2D eigenvalue weighted by Gasteiger charge is 2.39. The Bertz CT molecular complexity index is 327. The van der Waals surface area contributed by atoms with Crippen LogP contribution in [0.2, 0.25) is 0 Å². The van der Waals surface area contributed by atoms with E-state index >= 15 is 0 Å². The first-order chi connectivity index (χ1) is 9.05. The Labute approximate surface area is 118 Å². The number of rotatable bonds is 4. The molecule has 2 aliphatic rings. The van der Waals surface area contributed by atoms with Gasteiger partial charge in [-0.3, -0.25) is 0 Å². The van der Waals surface area contributed by atoms with Crippen molar-refractivity contribution in [1.82, 2.24) is 4.90 Å². The van der Waals surface area contributed by atoms with Crippen LogP contribution in [-0.4, -0.2) is 30.1 Å². The van der Waals surface area contributed by atoms with E-state index in [9.17, 15) is 5.26 Å². The Balaban J connectivity index is 1.77. The monoisotopic (exact) mass is 263 g/mol. The first-order valence-electron chi connectivity index (χ1n) is 7.95. The zero-order valence-corrected chi connectivity index (χ0v) is 12.6. The molecule has 0 saturated heterocycles. The topological polar surface area (TPSA) is 53.0 Å². The summed E-state index contributed by atoms with van der Waals surface area (Å²) in [7, 11) is 2.25. The summed E-state index contributed by atoms with van der Waals surface area (Å²) in [6.45, 7) is 3.47. The summed E-state index contributed by atoms with van der Waals surface area (Å²) in [6, 6.07) is 3.12. The Kier molecular flexibility index (Phi) is 4.86. The average molecular weight is 263 g/mol. The van der Waals surface area contributed by atoms with E-state index in [1.54, 1.807) is 0 Å². The first kappa shape index (κ1) is 14.8. The van der Waals surface area contributed by atoms with Crippen LogP contribution in [0.1, 0.15) is 58.3 Å². The standard InChI is InChI=1S/C16H29N3/c1-13-5-7-15(8-6-13)19(2)11-9-14-4-3-10-16(14,18)12-17/h13-15H,3-11,18H2,1-2H3. The van der Waals surface area contributed by atoms with Crippen LogP contribution in [-0.2, 0) is 0 Å². The van der Waals surface area contributed by atoms with Gasteiger partial charge in [-0.15, -0.1) is 0 Å². The smallest absolute Gasteiger partial charge is 0.107 e. The van der Waals surface area contributed by atoms with E-state index in [-0.39, 0.29) is 0 Å². The SMILES string of the molecule is CC1CCC(N(C)CCC2CCCC2(N)C#N)CC1. The molecule has 0 aromatic rings. The van der Waals surface area contributed by atoms with Crippen molar-refractivity contribution >= 4 is 0 Å². The van der Waals surface area contributed by atoms with Crippen LogP contribution in [0.15, 0.2) is 0 Å². The van der Waals surface area contributed by atoms with Gasteiger partial charge in [0.05, 0.1) is 6.07 Å². The second-order valence-electron chi connectivity index (χ2n) is 6.92. The molecule has 0 heterocycles. The van der Waals surface area contributed by atoms with Crippen molar-refractivity contribution in [3.05, 3.63) is 0 Å². The molecule has 0 aliphatic heterocycles. The molecule has 0 spiro atoms. The van der Waals surface area contributed by atoms with Crippen molar-refractivity contribution < 1.29 is 0 Å². The van der Waals surface area contributed by atoms with Gasteiger partial charge in [0.25, 0.3) is 0 Å². The Morgan fingerprint density at radius 3 is 2.58 bits per heavy atom. The minimum atomic E-state index is -0.540. The second kappa shape index (κ2) is 6.24. The van der Waals surface area contributed by atoms with Gasteiger partial charge in [0.1, 0.15) is 5.54 Å². The fourth-order valence-electron chi connectivity index (χ4n) is 3.88. The normalized spacial score (nSPS) is 39.4. The van der Waals surface area contributed by atoms with Gasteiger partial charge in [0.15, 0.2) is 0 Å². The van der Waals surface area contributed by atoms with Crippen LogP contribution in [0.4, 0.5) is 0 Å². The van der Waals surface area contributed by atoms with Gasteiger partial charge in [0, 0.05) is 6.04 Å². The molecule has 2 unspecified atom stereocenters. The molecule has 2 N–H and O–H groups in total. The zero-order chi connectivity index (χ0) is 13.9. The highest BCUT2D eigenvalue weighted by atomic mass is 15.1. The maximum absolute atomic E-state index is 9.25. The maximum atomic E-state index is 9.25. The zero-order valence-electron chi connectivity index (χ0n) is 12.6. The molecule has 0 aromatic carbocycles. The van der Waals surface area contributed by atoms with Crippen LogP contribution < -0.4 is 5.73 Å². The van der Waals surface area contributed by atoms with Crippen molar-refractivity contribution in [2.24, 2.45) is 17.6 Å². The van der Waals surface area contributed by atoms with E-state index in [1.165, 1.54) is 25.7 Å². The molecule has 0 bridgehead atoms. The molecule has 0 amide bonds. The third kappa shape index (κ3) is 3.49. The lowest BCUT2D eigenvalue weighted by Gasteiger charge is -2.35. The predicted octanol–water partition coefficient (Wildman–Crippen LogP) is 2.91. The summed E-state index contributed by atoms with van der Waals surface area (Å²) in [5, 5.41) is 9.25. The van der Waals surface area contributed by atoms with E-state index in [1.807, 2.05) is 0 Å². The minimum absolute atomic E-state index is 0.405. The lowest BCUT2D eigenvalue weighted by molar-refractivity contribution is 0.157. The maximum Gasteiger partial charge on any atom is 0.107 e. The van der Waals surface area contributed by atoms with Gasteiger partial charge in [-0.2, -0.15) is 5.26 Å². The van der Waals surface area contributed by atoms with Gasteiger partial charge in [-0.1, -0.05) is 13.3 Å². The van der Waals surface area contributed by atoms with E-state index in [2.05, 4.69) is 24.9 Å². The fraction of sp³-hybridized carbons (Fsp3) is 0.938. The van der Waals surface area contributed by atoms with Crippen molar-refractivity contribution in [3.8, 4) is 6.07 Å². The third-order valence-electron chi connectivity index (χ3n) is 5.52. The number of nitriles is 1. The molecule has 3 heteroatoms. The van der Waals surface area contributed by atoms with Gasteiger partial charge in [-0.25, -0.2) is 0 Å². The van der Waals surface area contributed by atoms with Crippen molar-refractivity contribution in [1.29, 1.82) is 5.26 Å². The van der Waals surface area contributed by atoms with Gasteiger partial charge in [0.2, 0.25) is 0 Å². The van der Waals surface area contributed by atoms with Gasteiger partial charge >= 0.3 is 0 Å². The fourth-order valence-corrected chi connectivity index (χ4v) is 3.88. The summed E-state index contributed by atoms with van der Waals surface area (Å²) >= 11 is 0. The van der Waals surface area contributed by atoms with Gasteiger partial charge in [-0.05, 0) is 70.4 Å². The van der Waals surface area contributed by atoms with Crippen molar-refractivity contribution in [2.45, 2.75) is 69.9 Å². The van der Waals surface area contributed by atoms with Crippen molar-refractivity contribution in [3.63, 3.8) is 0 Å². The van der Waals surface area contributed by atoms with Crippen LogP contribution >= 0.6 is 0 Å². The second-order valence-corrected chi connectivity index (χ2v) is 6.92. The van der Waals surface area contributed by atoms with Crippen LogP contribution in [0.3, 0.4) is 0 Å². The molecular weight excluding hydrogens is 234 g/mol. The molecule has 3 nitrogen and oxygen atoms in total. The number of hydrogen-bond donors (Lipinski definition) is 1. The molecule has 0 aromatic heterocycles. The summed E-state index contributed by atoms with van der Waals surface area (Å²) in [6.07, 6.45) is 9.67. The Morgan fingerprint density at radius 1 is 1.26 bits per heavy atom. The molecule has 19 heavy (non-hydrogen) atoms. The summed E-state index contributed by atoms with van der Waals surface area (Å²) < 4.78 is 0. The van der Waals surface area contributed by atoms with E-state index in [0.717, 1.165) is 44.2 Å². The molecule has 2 rings (SSSR count). The summed E-state index contributed by atoms with van der Waals surface area (Å²) in [5.74, 6) is 1.32. The quantitative estimate of drug-likeness (QED) is 0.848. The highest BCUT2D eigenvalue weighted by Crippen LogP contribution is 2.36. The van der Waals surface area contributed by atoms with Crippen molar-refractivity contribution in [2.75, 3.05) is 13.6 Å². The highest BCUT2D eigenvalue weighted by molar-refractivity contribution is 5.11. The van der Waals surface area contributed by atoms with E-state index in [4.69, 9.17) is 5.73 Å². The molecule has 0 radical (unpaired) electrons. The lowest BCUT2D eigenvalue weighted by atomic mass is 9.85. The summed E-state index contributed by atoms with van der Waals surface area (Å²) in [4.78, 5) is 2.52.